The molecule has 2 rings (SSSR count). The molecule has 1 aromatic carbocycles. The number of nitrogens with one attached hydrogen (secondary N) is 1. The Kier molecular flexibility index (Phi) is 4.86. The van der Waals surface area contributed by atoms with Gasteiger partial charge in [0.2, 0.25) is 5.91 Å². The fourth-order valence-corrected chi connectivity index (χ4v) is 2.13. The van der Waals surface area contributed by atoms with Gasteiger partial charge in [0.15, 0.2) is 5.78 Å². The molecule has 0 fully saturated rings. The standard InChI is InChI=1S/C16H20ClN3O2/c1-16(2,3)14(21)10-18-15(22)6-7-20-13-8-12(17)5-4-11(13)9-19-20/h4-5,8-9H,6-7,10H2,1-3H3,(H,18,22). The van der Waals surface area contributed by atoms with Crippen molar-refractivity contribution in [2.24, 2.45) is 5.41 Å². The molecule has 0 radical (unpaired) electrons. The van der Waals surface area contributed by atoms with Crippen LogP contribution in [0.1, 0.15) is 27.2 Å². The second-order valence-electron chi connectivity index (χ2n) is 6.27. The number of nitrogens with zero attached hydrogens (tertiary/aromatic N) is 2. The van der Waals surface area contributed by atoms with Crippen molar-refractivity contribution in [3.8, 4) is 0 Å². The lowest BCUT2D eigenvalue weighted by Crippen LogP contribution is -2.35. The maximum Gasteiger partial charge on any atom is 0.222 e. The fraction of sp³-hybridized carbons (Fsp3) is 0.438. The maximum absolute atomic E-state index is 11.8. The third-order valence-corrected chi connectivity index (χ3v) is 3.68. The molecule has 2 aromatic rings. The van der Waals surface area contributed by atoms with Gasteiger partial charge in [-0.15, -0.1) is 0 Å². The highest BCUT2D eigenvalue weighted by Crippen LogP contribution is 2.19. The van der Waals surface area contributed by atoms with Crippen molar-refractivity contribution in [1.82, 2.24) is 15.1 Å². The number of Topliss-reactive ketones (excluding diaryl/α,β-unsaturated/α-hetero) is 1. The highest BCUT2D eigenvalue weighted by atomic mass is 35.5. The average molecular weight is 322 g/mol. The van der Waals surface area contributed by atoms with Gasteiger partial charge in [-0.25, -0.2) is 0 Å². The van der Waals surface area contributed by atoms with Gasteiger partial charge < -0.3 is 5.32 Å². The summed E-state index contributed by atoms with van der Waals surface area (Å²) in [6.07, 6.45) is 2.01. The zero-order chi connectivity index (χ0) is 16.3. The van der Waals surface area contributed by atoms with Crippen molar-refractivity contribution in [2.75, 3.05) is 6.54 Å². The molecule has 0 unspecified atom stereocenters. The van der Waals surface area contributed by atoms with Crippen molar-refractivity contribution < 1.29 is 9.59 Å². The van der Waals surface area contributed by atoms with Crippen molar-refractivity contribution in [1.29, 1.82) is 0 Å². The zero-order valence-electron chi connectivity index (χ0n) is 13.0. The lowest BCUT2D eigenvalue weighted by Gasteiger charge is -2.16. The number of aromatic nitrogens is 2. The van der Waals surface area contributed by atoms with Gasteiger partial charge >= 0.3 is 0 Å². The summed E-state index contributed by atoms with van der Waals surface area (Å²) >= 11 is 5.98. The van der Waals surface area contributed by atoms with Crippen molar-refractivity contribution in [3.63, 3.8) is 0 Å². The first-order valence-corrected chi connectivity index (χ1v) is 7.56. The summed E-state index contributed by atoms with van der Waals surface area (Å²) in [5.41, 5.74) is 0.452. The van der Waals surface area contributed by atoms with E-state index < -0.39 is 5.41 Å². The Morgan fingerprint density at radius 2 is 2.05 bits per heavy atom. The molecule has 1 aromatic heterocycles. The first-order chi connectivity index (χ1) is 10.3. The molecule has 0 saturated carbocycles. The molecule has 118 valence electrons. The average Bonchev–Trinajstić information content (AvgIpc) is 2.83. The molecule has 1 heterocycles. The Morgan fingerprint density at radius 1 is 1.32 bits per heavy atom. The minimum Gasteiger partial charge on any atom is -0.349 e. The first kappa shape index (κ1) is 16.5. The number of amides is 1. The summed E-state index contributed by atoms with van der Waals surface area (Å²) in [6, 6.07) is 5.52. The van der Waals surface area contributed by atoms with Crippen LogP contribution < -0.4 is 5.32 Å². The lowest BCUT2D eigenvalue weighted by atomic mass is 9.91. The van der Waals surface area contributed by atoms with E-state index in [-0.39, 0.29) is 24.7 Å². The smallest absolute Gasteiger partial charge is 0.222 e. The Bertz CT molecular complexity index is 701. The van der Waals surface area contributed by atoms with Crippen LogP contribution in [-0.2, 0) is 16.1 Å². The van der Waals surface area contributed by atoms with Gasteiger partial charge in [0.05, 0.1) is 24.8 Å². The summed E-state index contributed by atoms with van der Waals surface area (Å²) in [7, 11) is 0. The molecule has 0 aliphatic heterocycles. The van der Waals surface area contributed by atoms with Crippen LogP contribution in [0.15, 0.2) is 24.4 Å². The van der Waals surface area contributed by atoms with E-state index in [0.717, 1.165) is 10.9 Å². The number of ketones is 1. The summed E-state index contributed by atoms with van der Waals surface area (Å²) in [5, 5.41) is 8.52. The van der Waals surface area contributed by atoms with E-state index in [1.807, 2.05) is 32.9 Å². The molecule has 1 N–H and O–H groups in total. The fourth-order valence-electron chi connectivity index (χ4n) is 1.96. The monoisotopic (exact) mass is 321 g/mol. The number of benzene rings is 1. The van der Waals surface area contributed by atoms with Crippen LogP contribution in [0.4, 0.5) is 0 Å². The molecular weight excluding hydrogens is 302 g/mol. The molecular formula is C16H20ClN3O2. The van der Waals surface area contributed by atoms with E-state index in [1.54, 1.807) is 16.9 Å². The Labute approximate surface area is 134 Å². The van der Waals surface area contributed by atoms with Gasteiger partial charge in [0.25, 0.3) is 0 Å². The molecule has 22 heavy (non-hydrogen) atoms. The normalized spacial score (nSPS) is 11.6. The van der Waals surface area contributed by atoms with E-state index in [9.17, 15) is 9.59 Å². The van der Waals surface area contributed by atoms with Gasteiger partial charge in [-0.1, -0.05) is 32.4 Å². The van der Waals surface area contributed by atoms with E-state index in [1.165, 1.54) is 0 Å². The van der Waals surface area contributed by atoms with E-state index in [2.05, 4.69) is 10.4 Å². The van der Waals surface area contributed by atoms with E-state index in [4.69, 9.17) is 11.6 Å². The molecule has 0 spiro atoms. The number of carbonyl (C=O) groups excluding carboxylic acids is 2. The van der Waals surface area contributed by atoms with Gasteiger partial charge in [-0.2, -0.15) is 5.10 Å². The predicted molar refractivity (Wildman–Crippen MR) is 86.8 cm³/mol. The van der Waals surface area contributed by atoms with Crippen LogP contribution in [0, 0.1) is 5.41 Å². The summed E-state index contributed by atoms with van der Waals surface area (Å²) in [5.74, 6) is -0.152. The van der Waals surface area contributed by atoms with Crippen molar-refractivity contribution in [3.05, 3.63) is 29.4 Å². The van der Waals surface area contributed by atoms with E-state index >= 15 is 0 Å². The molecule has 0 aliphatic rings. The van der Waals surface area contributed by atoms with Crippen LogP contribution in [0.3, 0.4) is 0 Å². The molecule has 0 saturated heterocycles. The number of aryl methyl sites for hydroxylation is 1. The first-order valence-electron chi connectivity index (χ1n) is 7.18. The number of halogens is 1. The zero-order valence-corrected chi connectivity index (χ0v) is 13.8. The number of hydrogen-bond acceptors (Lipinski definition) is 3. The number of fused-ring (bicyclic) bond motifs is 1. The highest BCUT2D eigenvalue weighted by molar-refractivity contribution is 6.31. The largest absolute Gasteiger partial charge is 0.349 e. The molecule has 1 amide bonds. The summed E-state index contributed by atoms with van der Waals surface area (Å²) in [4.78, 5) is 23.6. The number of carbonyl (C=O) groups is 2. The quantitative estimate of drug-likeness (QED) is 0.921. The molecule has 6 heteroatoms. The van der Waals surface area contributed by atoms with Crippen LogP contribution in [0.25, 0.3) is 10.9 Å². The van der Waals surface area contributed by atoms with E-state index in [0.29, 0.717) is 11.6 Å². The molecule has 0 aliphatic carbocycles. The second kappa shape index (κ2) is 6.48. The highest BCUT2D eigenvalue weighted by Gasteiger charge is 2.21. The Balaban J connectivity index is 1.90. The lowest BCUT2D eigenvalue weighted by molar-refractivity contribution is -0.129. The van der Waals surface area contributed by atoms with Crippen molar-refractivity contribution >= 4 is 34.2 Å². The SMILES string of the molecule is CC(C)(C)C(=O)CNC(=O)CCn1ncc2ccc(Cl)cc21. The molecule has 5 nitrogen and oxygen atoms in total. The van der Waals surface area contributed by atoms with Gasteiger partial charge in [0.1, 0.15) is 0 Å². The molecule has 0 bridgehead atoms. The van der Waals surface area contributed by atoms with Gasteiger partial charge in [0, 0.05) is 22.2 Å². The minimum absolute atomic E-state index is 0.0113. The topological polar surface area (TPSA) is 64.0 Å². The van der Waals surface area contributed by atoms with Gasteiger partial charge in [-0.3, -0.25) is 14.3 Å². The minimum atomic E-state index is -0.442. The summed E-state index contributed by atoms with van der Waals surface area (Å²) in [6.45, 7) is 6.01. The second-order valence-corrected chi connectivity index (χ2v) is 6.71. The van der Waals surface area contributed by atoms with Gasteiger partial charge in [-0.05, 0) is 18.2 Å². The molecule has 0 atom stereocenters. The van der Waals surface area contributed by atoms with Crippen LogP contribution in [0.2, 0.25) is 5.02 Å². The van der Waals surface area contributed by atoms with Crippen LogP contribution >= 0.6 is 11.6 Å². The summed E-state index contributed by atoms with van der Waals surface area (Å²) < 4.78 is 1.74. The predicted octanol–water partition coefficient (Wildman–Crippen LogP) is 2.81. The number of rotatable bonds is 5. The van der Waals surface area contributed by atoms with Crippen LogP contribution in [0.5, 0.6) is 0 Å². The number of hydrogen-bond donors (Lipinski definition) is 1. The third kappa shape index (κ3) is 4.07. The van der Waals surface area contributed by atoms with Crippen molar-refractivity contribution in [2.45, 2.75) is 33.7 Å². The Morgan fingerprint density at radius 3 is 2.73 bits per heavy atom. The third-order valence-electron chi connectivity index (χ3n) is 3.44. The maximum atomic E-state index is 11.8. The Hall–Kier alpha value is -1.88. The van der Waals surface area contributed by atoms with Crippen LogP contribution in [-0.4, -0.2) is 28.0 Å².